The van der Waals surface area contributed by atoms with Crippen LogP contribution in [0.5, 0.6) is 5.88 Å². The van der Waals surface area contributed by atoms with Crippen molar-refractivity contribution >= 4 is 6.09 Å². The molecule has 1 atom stereocenters. The highest BCUT2D eigenvalue weighted by Gasteiger charge is 2.20. The Kier molecular flexibility index (Phi) is 5.90. The molecule has 0 saturated heterocycles. The Hall–Kier alpha value is -1.89. The molecule has 1 amide bonds. The van der Waals surface area contributed by atoms with Gasteiger partial charge in [0.2, 0.25) is 5.88 Å². The van der Waals surface area contributed by atoms with Crippen molar-refractivity contribution in [2.24, 2.45) is 5.73 Å². The molecule has 1 unspecified atom stereocenters. The lowest BCUT2D eigenvalue weighted by molar-refractivity contribution is 0.0382. The zero-order valence-corrected chi connectivity index (χ0v) is 12.8. The molecule has 0 fully saturated rings. The van der Waals surface area contributed by atoms with Crippen molar-refractivity contribution in [1.82, 2.24) is 10.3 Å². The number of hydrogen-bond acceptors (Lipinski definition) is 5. The van der Waals surface area contributed by atoms with Gasteiger partial charge in [0.05, 0.1) is 6.20 Å². The Morgan fingerprint density at radius 3 is 2.71 bits per heavy atom. The van der Waals surface area contributed by atoms with E-state index in [0.717, 1.165) is 6.20 Å². The highest BCUT2D eigenvalue weighted by Crippen LogP contribution is 2.17. The summed E-state index contributed by atoms with van der Waals surface area (Å²) in [5, 5.41) is 2.58. The Labute approximate surface area is 123 Å². The number of alkyl carbamates (subject to hydrolysis) is 1. The molecule has 6 nitrogen and oxygen atoms in total. The van der Waals surface area contributed by atoms with Gasteiger partial charge in [0.1, 0.15) is 11.4 Å². The van der Waals surface area contributed by atoms with Gasteiger partial charge in [-0.3, -0.25) is 5.32 Å². The highest BCUT2D eigenvalue weighted by molar-refractivity contribution is 5.67. The maximum Gasteiger partial charge on any atom is 0.410 e. The Bertz CT molecular complexity index is 489. The smallest absolute Gasteiger partial charge is 0.410 e. The molecule has 0 bridgehead atoms. The molecule has 0 spiro atoms. The minimum atomic E-state index is -0.636. The standard InChI is InChI=1S/C14H22FN3O3/c1-5-11(18-13(19)21-14(2,3)4)20-12-9(7-16)6-10(15)8-17-12/h6,8,11H,5,7,16H2,1-4H3,(H,18,19). The second kappa shape index (κ2) is 7.21. The van der Waals surface area contributed by atoms with Gasteiger partial charge in [0.15, 0.2) is 6.23 Å². The molecule has 7 heteroatoms. The molecular weight excluding hydrogens is 277 g/mol. The van der Waals surface area contributed by atoms with Gasteiger partial charge in [-0.05, 0) is 26.8 Å². The van der Waals surface area contributed by atoms with E-state index in [9.17, 15) is 9.18 Å². The second-order valence-corrected chi connectivity index (χ2v) is 5.48. The predicted octanol–water partition coefficient (Wildman–Crippen LogP) is 2.32. The summed E-state index contributed by atoms with van der Waals surface area (Å²) in [6, 6.07) is 1.25. The molecule has 0 aliphatic heterocycles. The normalized spacial score (nSPS) is 12.7. The third-order valence-electron chi connectivity index (χ3n) is 2.41. The Morgan fingerprint density at radius 1 is 1.52 bits per heavy atom. The average molecular weight is 299 g/mol. The predicted molar refractivity (Wildman–Crippen MR) is 76.2 cm³/mol. The number of nitrogens with one attached hydrogen (secondary N) is 1. The number of amides is 1. The van der Waals surface area contributed by atoms with Crippen LogP contribution in [0.3, 0.4) is 0 Å². The van der Waals surface area contributed by atoms with E-state index in [0.29, 0.717) is 12.0 Å². The lowest BCUT2D eigenvalue weighted by atomic mass is 10.2. The highest BCUT2D eigenvalue weighted by atomic mass is 19.1. The van der Waals surface area contributed by atoms with Gasteiger partial charge < -0.3 is 15.2 Å². The van der Waals surface area contributed by atoms with Gasteiger partial charge in [-0.2, -0.15) is 0 Å². The second-order valence-electron chi connectivity index (χ2n) is 5.48. The summed E-state index contributed by atoms with van der Waals surface area (Å²) in [5.74, 6) is -0.294. The van der Waals surface area contributed by atoms with Gasteiger partial charge in [-0.25, -0.2) is 14.2 Å². The molecule has 0 radical (unpaired) electrons. The number of rotatable bonds is 5. The summed E-state index contributed by atoms with van der Waals surface area (Å²) in [6.07, 6.45) is 0.297. The van der Waals surface area contributed by atoms with Crippen molar-refractivity contribution in [1.29, 1.82) is 0 Å². The van der Waals surface area contributed by atoms with Crippen LogP contribution in [0.4, 0.5) is 9.18 Å². The minimum absolute atomic E-state index is 0.0863. The number of aromatic nitrogens is 1. The molecule has 3 N–H and O–H groups in total. The van der Waals surface area contributed by atoms with Crippen LogP contribution in [0.15, 0.2) is 12.3 Å². The maximum absolute atomic E-state index is 13.1. The topological polar surface area (TPSA) is 86.5 Å². The first-order valence-electron chi connectivity index (χ1n) is 6.75. The van der Waals surface area contributed by atoms with Crippen molar-refractivity contribution in [2.75, 3.05) is 0 Å². The third-order valence-corrected chi connectivity index (χ3v) is 2.41. The van der Waals surface area contributed by atoms with Gasteiger partial charge in [-0.15, -0.1) is 0 Å². The third kappa shape index (κ3) is 5.95. The quantitative estimate of drug-likeness (QED) is 0.815. The number of carbonyl (C=O) groups excluding carboxylic acids is 1. The lowest BCUT2D eigenvalue weighted by Crippen LogP contribution is -2.42. The number of hydrogen-bond donors (Lipinski definition) is 2. The fraction of sp³-hybridized carbons (Fsp3) is 0.571. The van der Waals surface area contributed by atoms with E-state index in [1.165, 1.54) is 6.07 Å². The fourth-order valence-electron chi connectivity index (χ4n) is 1.51. The first-order valence-corrected chi connectivity index (χ1v) is 6.75. The SMILES string of the molecule is CCC(NC(=O)OC(C)(C)C)Oc1ncc(F)cc1CN. The summed E-state index contributed by atoms with van der Waals surface area (Å²) < 4.78 is 23.8. The molecule has 118 valence electrons. The van der Waals surface area contributed by atoms with Crippen LogP contribution in [0.25, 0.3) is 0 Å². The Morgan fingerprint density at radius 2 is 2.19 bits per heavy atom. The molecular formula is C14H22FN3O3. The first-order chi connectivity index (χ1) is 9.75. The van der Waals surface area contributed by atoms with E-state index in [-0.39, 0.29) is 12.4 Å². The van der Waals surface area contributed by atoms with E-state index in [1.807, 2.05) is 6.92 Å². The van der Waals surface area contributed by atoms with Crippen LogP contribution in [-0.4, -0.2) is 22.9 Å². The molecule has 0 aliphatic carbocycles. The monoisotopic (exact) mass is 299 g/mol. The number of carbonyl (C=O) groups is 1. The van der Waals surface area contributed by atoms with Crippen LogP contribution < -0.4 is 15.8 Å². The van der Waals surface area contributed by atoms with Crippen molar-refractivity contribution in [2.45, 2.75) is 52.5 Å². The first kappa shape index (κ1) is 17.2. The summed E-state index contributed by atoms with van der Waals surface area (Å²) in [6.45, 7) is 7.21. The summed E-state index contributed by atoms with van der Waals surface area (Å²) in [7, 11) is 0. The summed E-state index contributed by atoms with van der Waals surface area (Å²) in [5.41, 5.74) is 5.35. The van der Waals surface area contributed by atoms with Crippen molar-refractivity contribution in [3.63, 3.8) is 0 Å². The molecule has 0 aromatic carbocycles. The number of halogens is 1. The Balaban J connectivity index is 2.72. The fourth-order valence-corrected chi connectivity index (χ4v) is 1.51. The van der Waals surface area contributed by atoms with E-state index in [1.54, 1.807) is 20.8 Å². The van der Waals surface area contributed by atoms with Gasteiger partial charge in [-0.1, -0.05) is 6.92 Å². The van der Waals surface area contributed by atoms with E-state index >= 15 is 0 Å². The maximum atomic E-state index is 13.1. The molecule has 1 heterocycles. The van der Waals surface area contributed by atoms with Crippen LogP contribution in [-0.2, 0) is 11.3 Å². The van der Waals surface area contributed by atoms with Crippen LogP contribution >= 0.6 is 0 Å². The number of nitrogens with two attached hydrogens (primary N) is 1. The molecule has 1 rings (SSSR count). The van der Waals surface area contributed by atoms with Crippen molar-refractivity contribution in [3.8, 4) is 5.88 Å². The van der Waals surface area contributed by atoms with E-state index in [4.69, 9.17) is 15.2 Å². The largest absolute Gasteiger partial charge is 0.453 e. The van der Waals surface area contributed by atoms with Gasteiger partial charge in [0.25, 0.3) is 0 Å². The summed E-state index contributed by atoms with van der Waals surface area (Å²) >= 11 is 0. The zero-order valence-electron chi connectivity index (χ0n) is 12.8. The average Bonchev–Trinajstić information content (AvgIpc) is 2.37. The molecule has 21 heavy (non-hydrogen) atoms. The van der Waals surface area contributed by atoms with E-state index in [2.05, 4.69) is 10.3 Å². The number of nitrogens with zero attached hydrogens (tertiary/aromatic N) is 1. The molecule has 1 aromatic rings. The number of pyridine rings is 1. The molecule has 1 aromatic heterocycles. The van der Waals surface area contributed by atoms with Crippen LogP contribution in [0.2, 0.25) is 0 Å². The van der Waals surface area contributed by atoms with Gasteiger partial charge >= 0.3 is 6.09 Å². The van der Waals surface area contributed by atoms with Gasteiger partial charge in [0, 0.05) is 18.5 Å². The van der Waals surface area contributed by atoms with Crippen LogP contribution in [0, 0.1) is 5.82 Å². The van der Waals surface area contributed by atoms with E-state index < -0.39 is 23.7 Å². The van der Waals surface area contributed by atoms with Crippen molar-refractivity contribution < 1.29 is 18.7 Å². The molecule has 0 saturated carbocycles. The minimum Gasteiger partial charge on any atom is -0.453 e. The zero-order chi connectivity index (χ0) is 16.0. The summed E-state index contributed by atoms with van der Waals surface area (Å²) in [4.78, 5) is 15.6. The lowest BCUT2D eigenvalue weighted by Gasteiger charge is -2.23. The van der Waals surface area contributed by atoms with Crippen LogP contribution in [0.1, 0.15) is 39.7 Å². The van der Waals surface area contributed by atoms with Crippen molar-refractivity contribution in [3.05, 3.63) is 23.6 Å². The number of ether oxygens (including phenoxy) is 2. The molecule has 0 aliphatic rings.